The molecule has 5 heteroatoms. The fourth-order valence-electron chi connectivity index (χ4n) is 1.77. The quantitative estimate of drug-likeness (QED) is 0.876. The normalized spacial score (nSPS) is 13.6. The summed E-state index contributed by atoms with van der Waals surface area (Å²) >= 11 is 5.88. The van der Waals surface area contributed by atoms with E-state index in [0.29, 0.717) is 17.9 Å². The summed E-state index contributed by atoms with van der Waals surface area (Å²) in [5.41, 5.74) is 1.74. The first-order chi connectivity index (χ1) is 8.35. The van der Waals surface area contributed by atoms with Crippen LogP contribution >= 0.6 is 11.6 Å². The monoisotopic (exact) mass is 290 g/mol. The molecule has 0 spiro atoms. The Balaban J connectivity index is 2.61. The Kier molecular flexibility index (Phi) is 5.63. The van der Waals surface area contributed by atoms with Gasteiger partial charge in [-0.15, -0.1) is 0 Å². The van der Waals surface area contributed by atoms with Gasteiger partial charge in [-0.1, -0.05) is 24.6 Å². The van der Waals surface area contributed by atoms with Crippen LogP contribution in [0.1, 0.15) is 37.0 Å². The molecule has 0 amide bonds. The molecule has 0 bridgehead atoms. The standard InChI is InChI=1S/C13H19ClO3S/c1-3-18(16,17)8-4-5-13(15)12-9-11(14)7-6-10(12)2/h6-7,9,13,15H,3-5,8H2,1-2H3. The minimum atomic E-state index is -2.95. The number of halogens is 1. The topological polar surface area (TPSA) is 54.4 Å². The van der Waals surface area contributed by atoms with Crippen molar-refractivity contribution in [3.8, 4) is 0 Å². The number of aliphatic hydroxyl groups excluding tert-OH is 1. The van der Waals surface area contributed by atoms with E-state index >= 15 is 0 Å². The zero-order valence-corrected chi connectivity index (χ0v) is 12.3. The summed E-state index contributed by atoms with van der Waals surface area (Å²) in [5.74, 6) is 0.277. The van der Waals surface area contributed by atoms with Gasteiger partial charge in [-0.25, -0.2) is 8.42 Å². The second kappa shape index (κ2) is 6.55. The molecule has 1 N–H and O–H groups in total. The molecule has 0 aliphatic rings. The highest BCUT2D eigenvalue weighted by Crippen LogP contribution is 2.25. The third-order valence-electron chi connectivity index (χ3n) is 2.97. The van der Waals surface area contributed by atoms with E-state index in [9.17, 15) is 13.5 Å². The van der Waals surface area contributed by atoms with Gasteiger partial charge in [0.15, 0.2) is 0 Å². The first-order valence-corrected chi connectivity index (χ1v) is 8.20. The predicted octanol–water partition coefficient (Wildman–Crippen LogP) is 2.90. The molecule has 1 rings (SSSR count). The number of aliphatic hydroxyl groups is 1. The molecule has 18 heavy (non-hydrogen) atoms. The maximum absolute atomic E-state index is 11.3. The van der Waals surface area contributed by atoms with E-state index in [4.69, 9.17) is 11.6 Å². The molecular formula is C13H19ClO3S. The molecule has 102 valence electrons. The summed E-state index contributed by atoms with van der Waals surface area (Å²) in [5, 5.41) is 10.6. The highest BCUT2D eigenvalue weighted by atomic mass is 35.5. The van der Waals surface area contributed by atoms with Gasteiger partial charge in [-0.2, -0.15) is 0 Å². The molecule has 1 unspecified atom stereocenters. The molecule has 0 saturated heterocycles. The van der Waals surface area contributed by atoms with Crippen LogP contribution in [-0.4, -0.2) is 25.0 Å². The predicted molar refractivity (Wildman–Crippen MR) is 74.7 cm³/mol. The zero-order valence-electron chi connectivity index (χ0n) is 10.7. The van der Waals surface area contributed by atoms with Gasteiger partial charge in [0.25, 0.3) is 0 Å². The van der Waals surface area contributed by atoms with Gasteiger partial charge >= 0.3 is 0 Å². The second-order valence-corrected chi connectivity index (χ2v) is 7.30. The molecule has 0 aliphatic heterocycles. The summed E-state index contributed by atoms with van der Waals surface area (Å²) in [6, 6.07) is 5.36. The van der Waals surface area contributed by atoms with Gasteiger partial charge in [-0.3, -0.25) is 0 Å². The molecule has 0 aromatic heterocycles. The first kappa shape index (κ1) is 15.5. The smallest absolute Gasteiger partial charge is 0.150 e. The second-order valence-electron chi connectivity index (χ2n) is 4.40. The van der Waals surface area contributed by atoms with Crippen molar-refractivity contribution in [3.05, 3.63) is 34.3 Å². The van der Waals surface area contributed by atoms with Gasteiger partial charge in [0.2, 0.25) is 0 Å². The van der Waals surface area contributed by atoms with Crippen molar-refractivity contribution in [2.45, 2.75) is 32.8 Å². The van der Waals surface area contributed by atoms with Crippen LogP contribution in [0.25, 0.3) is 0 Å². The highest BCUT2D eigenvalue weighted by molar-refractivity contribution is 7.91. The summed E-state index contributed by atoms with van der Waals surface area (Å²) < 4.78 is 22.7. The van der Waals surface area contributed by atoms with Crippen molar-refractivity contribution in [1.29, 1.82) is 0 Å². The van der Waals surface area contributed by atoms with Crippen LogP contribution < -0.4 is 0 Å². The zero-order chi connectivity index (χ0) is 13.8. The van der Waals surface area contributed by atoms with E-state index in [0.717, 1.165) is 11.1 Å². The molecule has 1 aromatic rings. The third kappa shape index (κ3) is 4.59. The van der Waals surface area contributed by atoms with Crippen LogP contribution in [0.3, 0.4) is 0 Å². The average molecular weight is 291 g/mol. The van der Waals surface area contributed by atoms with Gasteiger partial charge in [0.1, 0.15) is 9.84 Å². The van der Waals surface area contributed by atoms with Crippen LogP contribution in [0.4, 0.5) is 0 Å². The summed E-state index contributed by atoms with van der Waals surface area (Å²) in [4.78, 5) is 0. The van der Waals surface area contributed by atoms with E-state index in [1.54, 1.807) is 19.1 Å². The van der Waals surface area contributed by atoms with E-state index in [1.807, 2.05) is 13.0 Å². The highest BCUT2D eigenvalue weighted by Gasteiger charge is 2.13. The number of rotatable bonds is 6. The number of hydrogen-bond acceptors (Lipinski definition) is 3. The van der Waals surface area contributed by atoms with E-state index in [-0.39, 0.29) is 11.5 Å². The van der Waals surface area contributed by atoms with Crippen molar-refractivity contribution >= 4 is 21.4 Å². The Morgan fingerprint density at radius 2 is 2.06 bits per heavy atom. The summed E-state index contributed by atoms with van der Waals surface area (Å²) in [6.07, 6.45) is 0.236. The first-order valence-electron chi connectivity index (χ1n) is 6.00. The number of sulfone groups is 1. The van der Waals surface area contributed by atoms with Crippen LogP contribution in [0.2, 0.25) is 5.02 Å². The van der Waals surface area contributed by atoms with E-state index in [1.165, 1.54) is 0 Å². The molecule has 1 atom stereocenters. The minimum Gasteiger partial charge on any atom is -0.388 e. The molecule has 1 aromatic carbocycles. The molecular weight excluding hydrogens is 272 g/mol. The molecule has 0 saturated carbocycles. The van der Waals surface area contributed by atoms with Gasteiger partial charge in [0.05, 0.1) is 11.9 Å². The number of hydrogen-bond donors (Lipinski definition) is 1. The van der Waals surface area contributed by atoms with Crippen molar-refractivity contribution in [2.75, 3.05) is 11.5 Å². The Hall–Kier alpha value is -0.580. The average Bonchev–Trinajstić information content (AvgIpc) is 2.32. The van der Waals surface area contributed by atoms with Crippen molar-refractivity contribution in [3.63, 3.8) is 0 Å². The minimum absolute atomic E-state index is 0.125. The van der Waals surface area contributed by atoms with Crippen LogP contribution in [0, 0.1) is 6.92 Å². The lowest BCUT2D eigenvalue weighted by molar-refractivity contribution is 0.166. The lowest BCUT2D eigenvalue weighted by Gasteiger charge is -2.14. The maximum Gasteiger partial charge on any atom is 0.150 e. The maximum atomic E-state index is 11.3. The fourth-order valence-corrected chi connectivity index (χ4v) is 2.84. The number of aryl methyl sites for hydroxylation is 1. The summed E-state index contributed by atoms with van der Waals surface area (Å²) in [6.45, 7) is 3.53. The van der Waals surface area contributed by atoms with Gasteiger partial charge < -0.3 is 5.11 Å². The molecule has 0 heterocycles. The van der Waals surface area contributed by atoms with Gasteiger partial charge in [-0.05, 0) is 43.0 Å². The summed E-state index contributed by atoms with van der Waals surface area (Å²) in [7, 11) is -2.95. The molecule has 3 nitrogen and oxygen atoms in total. The van der Waals surface area contributed by atoms with Crippen LogP contribution in [-0.2, 0) is 9.84 Å². The van der Waals surface area contributed by atoms with Crippen molar-refractivity contribution in [1.82, 2.24) is 0 Å². The molecule has 0 radical (unpaired) electrons. The van der Waals surface area contributed by atoms with E-state index < -0.39 is 15.9 Å². The molecule has 0 fully saturated rings. The lowest BCUT2D eigenvalue weighted by Crippen LogP contribution is -2.10. The Morgan fingerprint density at radius 3 is 2.67 bits per heavy atom. The van der Waals surface area contributed by atoms with Gasteiger partial charge in [0, 0.05) is 10.8 Å². The lowest BCUT2D eigenvalue weighted by atomic mass is 10.0. The fraction of sp³-hybridized carbons (Fsp3) is 0.538. The van der Waals surface area contributed by atoms with Crippen LogP contribution in [0.15, 0.2) is 18.2 Å². The van der Waals surface area contributed by atoms with Crippen LogP contribution in [0.5, 0.6) is 0 Å². The Labute approximate surface area is 114 Å². The van der Waals surface area contributed by atoms with E-state index in [2.05, 4.69) is 0 Å². The number of benzene rings is 1. The largest absolute Gasteiger partial charge is 0.388 e. The molecule has 0 aliphatic carbocycles. The SMILES string of the molecule is CCS(=O)(=O)CCCC(O)c1cc(Cl)ccc1C. The third-order valence-corrected chi connectivity index (χ3v) is 5.00. The Morgan fingerprint density at radius 1 is 1.39 bits per heavy atom. The van der Waals surface area contributed by atoms with Crippen molar-refractivity contribution in [2.24, 2.45) is 0 Å². The van der Waals surface area contributed by atoms with Crippen molar-refractivity contribution < 1.29 is 13.5 Å². The Bertz CT molecular complexity index is 497.